The number of nitrogens with zero attached hydrogens (tertiary/aromatic N) is 3. The number of halogens is 1. The molecule has 5 rings (SSSR count). The minimum absolute atomic E-state index is 0.210. The molecule has 3 heterocycles. The van der Waals surface area contributed by atoms with Crippen LogP contribution >= 0.6 is 11.6 Å². The van der Waals surface area contributed by atoms with Gasteiger partial charge in [0.1, 0.15) is 0 Å². The SMILES string of the molecule is O=C(NCc1n[nH]c2ccc(Cl)cc12)c1cncc(Cc2ccc(CN3CCCC3=O)cc2)c1. The summed E-state index contributed by atoms with van der Waals surface area (Å²) in [5.41, 5.74) is 5.29. The van der Waals surface area contributed by atoms with Crippen molar-refractivity contribution in [2.45, 2.75) is 32.4 Å². The smallest absolute Gasteiger partial charge is 0.253 e. The molecule has 1 aliphatic heterocycles. The Morgan fingerprint density at radius 2 is 1.88 bits per heavy atom. The van der Waals surface area contributed by atoms with Crippen LogP contribution in [0.2, 0.25) is 5.02 Å². The van der Waals surface area contributed by atoms with Crippen molar-refractivity contribution in [1.29, 1.82) is 0 Å². The lowest BCUT2D eigenvalue weighted by atomic mass is 10.0. The summed E-state index contributed by atoms with van der Waals surface area (Å²) < 4.78 is 0. The number of benzene rings is 2. The molecule has 1 fully saturated rings. The fraction of sp³-hybridized carbons (Fsp3) is 0.231. The molecule has 8 heteroatoms. The van der Waals surface area contributed by atoms with Gasteiger partial charge in [0.05, 0.1) is 23.3 Å². The molecule has 1 aliphatic rings. The Labute approximate surface area is 202 Å². The number of hydrogen-bond acceptors (Lipinski definition) is 4. The number of aromatic amines is 1. The monoisotopic (exact) mass is 473 g/mol. The highest BCUT2D eigenvalue weighted by Gasteiger charge is 2.19. The Balaban J connectivity index is 1.21. The van der Waals surface area contributed by atoms with E-state index in [1.54, 1.807) is 18.5 Å². The van der Waals surface area contributed by atoms with Crippen molar-refractivity contribution in [2.24, 2.45) is 0 Å². The molecule has 2 aromatic carbocycles. The van der Waals surface area contributed by atoms with E-state index >= 15 is 0 Å². The molecule has 1 saturated heterocycles. The average Bonchev–Trinajstić information content (AvgIpc) is 3.44. The second-order valence-corrected chi connectivity index (χ2v) is 8.97. The summed E-state index contributed by atoms with van der Waals surface area (Å²) in [6, 6.07) is 15.6. The summed E-state index contributed by atoms with van der Waals surface area (Å²) >= 11 is 6.09. The highest BCUT2D eigenvalue weighted by atomic mass is 35.5. The number of pyridine rings is 1. The maximum atomic E-state index is 12.7. The number of carbonyl (C=O) groups excluding carboxylic acids is 2. The van der Waals surface area contributed by atoms with E-state index in [1.165, 1.54) is 0 Å². The normalized spacial score (nSPS) is 13.6. The summed E-state index contributed by atoms with van der Waals surface area (Å²) in [7, 11) is 0. The molecule has 0 saturated carbocycles. The third-order valence-corrected chi connectivity index (χ3v) is 6.29. The maximum absolute atomic E-state index is 12.7. The van der Waals surface area contributed by atoms with Crippen LogP contribution in [0, 0.1) is 0 Å². The molecule has 0 bridgehead atoms. The van der Waals surface area contributed by atoms with Crippen LogP contribution in [0.15, 0.2) is 60.9 Å². The Morgan fingerprint density at radius 3 is 2.68 bits per heavy atom. The lowest BCUT2D eigenvalue weighted by Crippen LogP contribution is -2.23. The van der Waals surface area contributed by atoms with Crippen LogP contribution in [0.1, 0.15) is 45.6 Å². The number of carbonyl (C=O) groups is 2. The molecule has 7 nitrogen and oxygen atoms in total. The Hall–Kier alpha value is -3.71. The molecular formula is C26H24ClN5O2. The van der Waals surface area contributed by atoms with Crippen molar-refractivity contribution < 1.29 is 9.59 Å². The molecule has 172 valence electrons. The first-order chi connectivity index (χ1) is 16.5. The Morgan fingerprint density at radius 1 is 1.06 bits per heavy atom. The number of H-pyrrole nitrogens is 1. The molecule has 0 aliphatic carbocycles. The highest BCUT2D eigenvalue weighted by molar-refractivity contribution is 6.31. The van der Waals surface area contributed by atoms with E-state index in [9.17, 15) is 9.59 Å². The number of hydrogen-bond donors (Lipinski definition) is 2. The van der Waals surface area contributed by atoms with Crippen molar-refractivity contribution in [3.8, 4) is 0 Å². The first kappa shape index (κ1) is 22.1. The zero-order valence-electron chi connectivity index (χ0n) is 18.6. The van der Waals surface area contributed by atoms with Crippen LogP contribution in [0.5, 0.6) is 0 Å². The predicted molar refractivity (Wildman–Crippen MR) is 130 cm³/mol. The summed E-state index contributed by atoms with van der Waals surface area (Å²) in [4.78, 5) is 30.7. The zero-order valence-corrected chi connectivity index (χ0v) is 19.3. The van der Waals surface area contributed by atoms with Gasteiger partial charge in [0.15, 0.2) is 0 Å². The van der Waals surface area contributed by atoms with Gasteiger partial charge in [-0.15, -0.1) is 0 Å². The molecule has 34 heavy (non-hydrogen) atoms. The molecule has 4 aromatic rings. The van der Waals surface area contributed by atoms with E-state index < -0.39 is 0 Å². The van der Waals surface area contributed by atoms with E-state index in [2.05, 4.69) is 44.8 Å². The summed E-state index contributed by atoms with van der Waals surface area (Å²) in [5.74, 6) is 0.0210. The van der Waals surface area contributed by atoms with Gasteiger partial charge in [0.25, 0.3) is 5.91 Å². The molecular weight excluding hydrogens is 450 g/mol. The lowest BCUT2D eigenvalue weighted by Gasteiger charge is -2.15. The quantitative estimate of drug-likeness (QED) is 0.419. The number of likely N-dealkylation sites (tertiary alicyclic amines) is 1. The van der Waals surface area contributed by atoms with Crippen LogP contribution in [0.4, 0.5) is 0 Å². The van der Waals surface area contributed by atoms with Crippen molar-refractivity contribution in [3.05, 3.63) is 93.9 Å². The minimum Gasteiger partial charge on any atom is -0.346 e. The fourth-order valence-electron chi connectivity index (χ4n) is 4.24. The van der Waals surface area contributed by atoms with Crippen molar-refractivity contribution in [3.63, 3.8) is 0 Å². The van der Waals surface area contributed by atoms with Gasteiger partial charge in [0.2, 0.25) is 5.91 Å². The van der Waals surface area contributed by atoms with Crippen LogP contribution in [0.25, 0.3) is 10.9 Å². The molecule has 0 spiro atoms. The second kappa shape index (κ2) is 9.65. The van der Waals surface area contributed by atoms with Crippen molar-refractivity contribution >= 4 is 34.3 Å². The van der Waals surface area contributed by atoms with Crippen molar-refractivity contribution in [1.82, 2.24) is 25.4 Å². The van der Waals surface area contributed by atoms with E-state index in [0.29, 0.717) is 30.0 Å². The van der Waals surface area contributed by atoms with Crippen molar-refractivity contribution in [2.75, 3.05) is 6.54 Å². The highest BCUT2D eigenvalue weighted by Crippen LogP contribution is 2.21. The zero-order chi connectivity index (χ0) is 23.5. The van der Waals surface area contributed by atoms with Gasteiger partial charge in [-0.3, -0.25) is 19.7 Å². The minimum atomic E-state index is -0.210. The van der Waals surface area contributed by atoms with Gasteiger partial charge in [-0.25, -0.2) is 0 Å². The number of fused-ring (bicyclic) bond motifs is 1. The summed E-state index contributed by atoms with van der Waals surface area (Å²) in [6.45, 7) is 1.78. The molecule has 2 N–H and O–H groups in total. The summed E-state index contributed by atoms with van der Waals surface area (Å²) in [6.07, 6.45) is 5.60. The fourth-order valence-corrected chi connectivity index (χ4v) is 4.41. The largest absolute Gasteiger partial charge is 0.346 e. The number of aromatic nitrogens is 3. The second-order valence-electron chi connectivity index (χ2n) is 8.54. The van der Waals surface area contributed by atoms with E-state index in [4.69, 9.17) is 11.6 Å². The molecule has 2 amide bonds. The first-order valence-corrected chi connectivity index (χ1v) is 11.6. The van der Waals surface area contributed by atoms with Crippen LogP contribution in [-0.2, 0) is 24.3 Å². The van der Waals surface area contributed by atoms with Gasteiger partial charge in [-0.05, 0) is 53.8 Å². The van der Waals surface area contributed by atoms with Gasteiger partial charge in [-0.2, -0.15) is 5.10 Å². The summed E-state index contributed by atoms with van der Waals surface area (Å²) in [5, 5.41) is 11.7. The van der Waals surface area contributed by atoms with Gasteiger partial charge in [0, 0.05) is 42.3 Å². The van der Waals surface area contributed by atoms with Gasteiger partial charge in [-0.1, -0.05) is 35.9 Å². The predicted octanol–water partition coefficient (Wildman–Crippen LogP) is 4.25. The lowest BCUT2D eigenvalue weighted by molar-refractivity contribution is -0.128. The molecule has 0 radical (unpaired) electrons. The standard InChI is InChI=1S/C26H24ClN5O2/c27-21-7-8-23-22(12-21)24(31-30-23)15-29-26(34)20-11-19(13-28-14-20)10-17-3-5-18(6-4-17)16-32-9-1-2-25(32)33/h3-8,11-14H,1-2,9-10,15-16H2,(H,29,34)(H,30,31). The average molecular weight is 474 g/mol. The number of rotatable bonds is 7. The number of amides is 2. The van der Waals surface area contributed by atoms with Crippen LogP contribution < -0.4 is 5.32 Å². The maximum Gasteiger partial charge on any atom is 0.253 e. The first-order valence-electron chi connectivity index (χ1n) is 11.3. The van der Waals surface area contributed by atoms with Crippen LogP contribution in [-0.4, -0.2) is 38.4 Å². The van der Waals surface area contributed by atoms with Gasteiger partial charge >= 0.3 is 0 Å². The molecule has 2 aromatic heterocycles. The third kappa shape index (κ3) is 4.94. The Kier molecular flexibility index (Phi) is 6.27. The Bertz CT molecular complexity index is 1350. The third-order valence-electron chi connectivity index (χ3n) is 6.05. The topological polar surface area (TPSA) is 91.0 Å². The van der Waals surface area contributed by atoms with E-state index in [0.717, 1.165) is 46.3 Å². The van der Waals surface area contributed by atoms with Crippen LogP contribution in [0.3, 0.4) is 0 Å². The molecule has 0 unspecified atom stereocenters. The van der Waals surface area contributed by atoms with Gasteiger partial charge < -0.3 is 10.2 Å². The molecule has 0 atom stereocenters. The van der Waals surface area contributed by atoms with E-state index in [-0.39, 0.29) is 18.4 Å². The van der Waals surface area contributed by atoms with E-state index in [1.807, 2.05) is 23.1 Å². The number of nitrogens with one attached hydrogen (secondary N) is 2.